The van der Waals surface area contributed by atoms with E-state index in [9.17, 15) is 0 Å². The number of hydrogen-bond acceptors (Lipinski definition) is 2. The van der Waals surface area contributed by atoms with E-state index in [2.05, 4.69) is 5.32 Å². The van der Waals surface area contributed by atoms with Crippen LogP contribution in [0.5, 0.6) is 5.75 Å². The summed E-state index contributed by atoms with van der Waals surface area (Å²) >= 11 is 5.82. The van der Waals surface area contributed by atoms with E-state index in [1.54, 1.807) is 0 Å². The predicted molar refractivity (Wildman–Crippen MR) is 67.2 cm³/mol. The zero-order valence-corrected chi connectivity index (χ0v) is 10.2. The van der Waals surface area contributed by atoms with Crippen molar-refractivity contribution < 1.29 is 4.74 Å². The van der Waals surface area contributed by atoms with Gasteiger partial charge in [-0.2, -0.15) is 0 Å². The highest BCUT2D eigenvalue weighted by Crippen LogP contribution is 2.19. The van der Waals surface area contributed by atoms with Gasteiger partial charge in [0.25, 0.3) is 0 Å². The van der Waals surface area contributed by atoms with Crippen molar-refractivity contribution in [2.75, 3.05) is 19.7 Å². The molecule has 0 aromatic heterocycles. The van der Waals surface area contributed by atoms with Gasteiger partial charge < -0.3 is 10.1 Å². The molecule has 0 bridgehead atoms. The van der Waals surface area contributed by atoms with Crippen LogP contribution in [0.1, 0.15) is 19.3 Å². The molecule has 1 saturated heterocycles. The van der Waals surface area contributed by atoms with Crippen molar-refractivity contribution >= 4 is 11.6 Å². The Balaban J connectivity index is 1.79. The van der Waals surface area contributed by atoms with Crippen molar-refractivity contribution in [2.45, 2.75) is 19.3 Å². The lowest BCUT2D eigenvalue weighted by Crippen LogP contribution is -2.16. The van der Waals surface area contributed by atoms with Crippen molar-refractivity contribution in [3.63, 3.8) is 0 Å². The number of ether oxygens (including phenoxy) is 1. The lowest BCUT2D eigenvalue weighted by molar-refractivity contribution is 0.236. The molecule has 0 radical (unpaired) electrons. The van der Waals surface area contributed by atoms with Gasteiger partial charge in [-0.05, 0) is 62.5 Å². The van der Waals surface area contributed by atoms with Crippen LogP contribution in [0.2, 0.25) is 5.02 Å². The third kappa shape index (κ3) is 3.69. The maximum atomic E-state index is 5.82. The first-order valence-electron chi connectivity index (χ1n) is 5.94. The summed E-state index contributed by atoms with van der Waals surface area (Å²) in [6, 6.07) is 7.59. The average molecular weight is 240 g/mol. The molecule has 88 valence electrons. The van der Waals surface area contributed by atoms with Crippen molar-refractivity contribution in [1.82, 2.24) is 5.32 Å². The lowest BCUT2D eigenvalue weighted by atomic mass is 10.0. The summed E-state index contributed by atoms with van der Waals surface area (Å²) in [6.07, 6.45) is 3.74. The Morgan fingerprint density at radius 3 is 2.81 bits per heavy atom. The van der Waals surface area contributed by atoms with E-state index in [1.807, 2.05) is 24.3 Å². The molecule has 0 aliphatic carbocycles. The number of rotatable bonds is 3. The molecule has 1 N–H and O–H groups in total. The second-order valence-electron chi connectivity index (χ2n) is 4.31. The minimum absolute atomic E-state index is 0.686. The molecule has 1 heterocycles. The normalized spacial score (nSPS) is 21.4. The summed E-state index contributed by atoms with van der Waals surface area (Å²) in [5, 5.41) is 4.17. The smallest absolute Gasteiger partial charge is 0.119 e. The number of nitrogens with one attached hydrogen (secondary N) is 1. The number of halogens is 1. The van der Waals surface area contributed by atoms with E-state index in [1.165, 1.54) is 19.3 Å². The van der Waals surface area contributed by atoms with Crippen LogP contribution in [0.25, 0.3) is 0 Å². The largest absolute Gasteiger partial charge is 0.493 e. The number of benzene rings is 1. The minimum atomic E-state index is 0.686. The SMILES string of the molecule is Clc1ccc(OCC2CCCNCC2)cc1. The fraction of sp³-hybridized carbons (Fsp3) is 0.538. The zero-order valence-electron chi connectivity index (χ0n) is 9.42. The molecule has 1 aromatic carbocycles. The van der Waals surface area contributed by atoms with Crippen LogP contribution in [-0.4, -0.2) is 19.7 Å². The van der Waals surface area contributed by atoms with E-state index in [0.717, 1.165) is 30.5 Å². The molecule has 2 rings (SSSR count). The van der Waals surface area contributed by atoms with Crippen molar-refractivity contribution in [1.29, 1.82) is 0 Å². The van der Waals surface area contributed by atoms with Gasteiger partial charge in [0.05, 0.1) is 6.61 Å². The van der Waals surface area contributed by atoms with Gasteiger partial charge in [0.1, 0.15) is 5.75 Å². The van der Waals surface area contributed by atoms with Crippen molar-refractivity contribution in [2.24, 2.45) is 5.92 Å². The van der Waals surface area contributed by atoms with Gasteiger partial charge in [-0.15, -0.1) is 0 Å². The third-order valence-corrected chi connectivity index (χ3v) is 3.25. The lowest BCUT2D eigenvalue weighted by Gasteiger charge is -2.14. The second kappa shape index (κ2) is 6.12. The van der Waals surface area contributed by atoms with Gasteiger partial charge in [-0.1, -0.05) is 11.6 Å². The molecule has 1 atom stereocenters. The molecule has 0 spiro atoms. The van der Waals surface area contributed by atoms with Crippen LogP contribution in [0.15, 0.2) is 24.3 Å². The van der Waals surface area contributed by atoms with E-state index in [4.69, 9.17) is 16.3 Å². The fourth-order valence-electron chi connectivity index (χ4n) is 2.00. The van der Waals surface area contributed by atoms with Crippen molar-refractivity contribution in [3.8, 4) is 5.75 Å². The molecular weight excluding hydrogens is 222 g/mol. The molecule has 1 aliphatic rings. The van der Waals surface area contributed by atoms with Crippen molar-refractivity contribution in [3.05, 3.63) is 29.3 Å². The molecule has 0 saturated carbocycles. The molecule has 1 fully saturated rings. The van der Waals surface area contributed by atoms with Crippen LogP contribution in [0.4, 0.5) is 0 Å². The highest BCUT2D eigenvalue weighted by Gasteiger charge is 2.12. The Morgan fingerprint density at radius 2 is 2.00 bits per heavy atom. The van der Waals surface area contributed by atoms with Gasteiger partial charge in [0.2, 0.25) is 0 Å². The van der Waals surface area contributed by atoms with Crippen LogP contribution in [0.3, 0.4) is 0 Å². The highest BCUT2D eigenvalue weighted by molar-refractivity contribution is 6.30. The Bertz CT molecular complexity index is 304. The van der Waals surface area contributed by atoms with Crippen LogP contribution in [0, 0.1) is 5.92 Å². The molecule has 1 aromatic rings. The van der Waals surface area contributed by atoms with Crippen LogP contribution in [-0.2, 0) is 0 Å². The monoisotopic (exact) mass is 239 g/mol. The first kappa shape index (κ1) is 11.7. The quantitative estimate of drug-likeness (QED) is 0.875. The number of hydrogen-bond donors (Lipinski definition) is 1. The highest BCUT2D eigenvalue weighted by atomic mass is 35.5. The third-order valence-electron chi connectivity index (χ3n) is 2.99. The van der Waals surface area contributed by atoms with Gasteiger partial charge in [-0.3, -0.25) is 0 Å². The predicted octanol–water partition coefficient (Wildman–Crippen LogP) is 3.11. The summed E-state index contributed by atoms with van der Waals surface area (Å²) < 4.78 is 5.77. The van der Waals surface area contributed by atoms with E-state index in [-0.39, 0.29) is 0 Å². The zero-order chi connectivity index (χ0) is 11.2. The molecule has 2 nitrogen and oxygen atoms in total. The first-order chi connectivity index (χ1) is 7.84. The molecular formula is C13H18ClNO. The van der Waals surface area contributed by atoms with E-state index >= 15 is 0 Å². The Kier molecular flexibility index (Phi) is 4.49. The fourth-order valence-corrected chi connectivity index (χ4v) is 2.13. The van der Waals surface area contributed by atoms with Crippen LogP contribution < -0.4 is 10.1 Å². The Labute approximate surface area is 102 Å². The standard InChI is InChI=1S/C13H18ClNO/c14-12-3-5-13(6-4-12)16-10-11-2-1-8-15-9-7-11/h3-6,11,15H,1-2,7-10H2. The van der Waals surface area contributed by atoms with E-state index in [0.29, 0.717) is 5.92 Å². The summed E-state index contributed by atoms with van der Waals surface area (Å²) in [6.45, 7) is 3.09. The topological polar surface area (TPSA) is 21.3 Å². The second-order valence-corrected chi connectivity index (χ2v) is 4.75. The van der Waals surface area contributed by atoms with E-state index < -0.39 is 0 Å². The summed E-state index contributed by atoms with van der Waals surface area (Å²) in [5.41, 5.74) is 0. The maximum Gasteiger partial charge on any atom is 0.119 e. The first-order valence-corrected chi connectivity index (χ1v) is 6.31. The van der Waals surface area contributed by atoms with Gasteiger partial charge >= 0.3 is 0 Å². The average Bonchev–Trinajstić information content (AvgIpc) is 2.57. The molecule has 3 heteroatoms. The summed E-state index contributed by atoms with van der Waals surface area (Å²) in [5.74, 6) is 1.60. The molecule has 1 unspecified atom stereocenters. The molecule has 16 heavy (non-hydrogen) atoms. The Morgan fingerprint density at radius 1 is 1.19 bits per heavy atom. The minimum Gasteiger partial charge on any atom is -0.493 e. The molecule has 0 amide bonds. The maximum absolute atomic E-state index is 5.82. The van der Waals surface area contributed by atoms with Gasteiger partial charge in [-0.25, -0.2) is 0 Å². The van der Waals surface area contributed by atoms with Gasteiger partial charge in [0, 0.05) is 5.02 Å². The summed E-state index contributed by atoms with van der Waals surface area (Å²) in [7, 11) is 0. The molecule has 1 aliphatic heterocycles. The van der Waals surface area contributed by atoms with Gasteiger partial charge in [0.15, 0.2) is 0 Å². The summed E-state index contributed by atoms with van der Waals surface area (Å²) in [4.78, 5) is 0. The van der Waals surface area contributed by atoms with Crippen LogP contribution >= 0.6 is 11.6 Å². The Hall–Kier alpha value is -0.730.